The Morgan fingerprint density at radius 1 is 1.40 bits per heavy atom. The minimum atomic E-state index is -0.00437. The summed E-state index contributed by atoms with van der Waals surface area (Å²) in [5.74, 6) is 8.67. The smallest absolute Gasteiger partial charge is 0.144 e. The maximum absolute atomic E-state index is 8.00. The summed E-state index contributed by atoms with van der Waals surface area (Å²) in [5.41, 5.74) is 1.40. The lowest BCUT2D eigenvalue weighted by molar-refractivity contribution is 0.0774. The molecule has 0 spiro atoms. The molecule has 5 rings (SSSR count). The molecule has 0 bridgehead atoms. The number of ether oxygens (including phenoxy) is 2. The Hall–Kier alpha value is -2.93. The summed E-state index contributed by atoms with van der Waals surface area (Å²) in [6, 6.07) is 4.42. The van der Waals surface area contributed by atoms with Crippen LogP contribution < -0.4 is 15.5 Å². The zero-order valence-electron chi connectivity index (χ0n) is 16.8. The van der Waals surface area contributed by atoms with Crippen molar-refractivity contribution in [3.63, 3.8) is 0 Å². The zero-order chi connectivity index (χ0) is 20.5. The third kappa shape index (κ3) is 3.89. The second-order valence-electron chi connectivity index (χ2n) is 7.85. The first kappa shape index (κ1) is 19.1. The molecule has 3 unspecified atom stereocenters. The van der Waals surface area contributed by atoms with Gasteiger partial charge in [-0.3, -0.25) is 10.4 Å². The van der Waals surface area contributed by atoms with Gasteiger partial charge in [-0.05, 0) is 19.4 Å². The minimum absolute atomic E-state index is 0.00437. The summed E-state index contributed by atoms with van der Waals surface area (Å²) in [4.78, 5) is 7.04. The highest BCUT2D eigenvalue weighted by atomic mass is 16.5. The van der Waals surface area contributed by atoms with Crippen molar-refractivity contribution in [2.75, 3.05) is 36.6 Å². The van der Waals surface area contributed by atoms with Gasteiger partial charge in [0.05, 0.1) is 49.8 Å². The molecule has 9 nitrogen and oxygen atoms in total. The van der Waals surface area contributed by atoms with Crippen LogP contribution in [0.4, 0.5) is 17.5 Å². The normalized spacial score (nSPS) is 27.6. The van der Waals surface area contributed by atoms with Crippen LogP contribution in [-0.2, 0) is 9.47 Å². The molecule has 3 fully saturated rings. The molecule has 2 saturated heterocycles. The number of pyridine rings is 1. The average molecular weight is 407 g/mol. The molecule has 2 aliphatic heterocycles. The number of anilines is 3. The van der Waals surface area contributed by atoms with Crippen LogP contribution in [0.5, 0.6) is 0 Å². The minimum Gasteiger partial charge on any atom is -0.377 e. The van der Waals surface area contributed by atoms with Crippen LogP contribution in [0.3, 0.4) is 0 Å². The molecule has 30 heavy (non-hydrogen) atoms. The van der Waals surface area contributed by atoms with Crippen molar-refractivity contribution < 1.29 is 9.47 Å². The van der Waals surface area contributed by atoms with Crippen molar-refractivity contribution in [3.05, 3.63) is 29.5 Å². The summed E-state index contributed by atoms with van der Waals surface area (Å²) in [6.45, 7) is 4.79. The Labute approximate surface area is 175 Å². The Kier molecular flexibility index (Phi) is 5.12. The largest absolute Gasteiger partial charge is 0.377 e. The van der Waals surface area contributed by atoms with E-state index in [1.54, 1.807) is 6.20 Å². The van der Waals surface area contributed by atoms with Gasteiger partial charge < -0.3 is 25.1 Å². The number of fused-ring (bicyclic) bond motifs is 1. The van der Waals surface area contributed by atoms with Crippen LogP contribution in [-0.4, -0.2) is 72.0 Å². The molecule has 0 amide bonds. The first-order chi connectivity index (χ1) is 14.7. The second-order valence-corrected chi connectivity index (χ2v) is 7.85. The SMILES string of the molecule is C[C@@H]1COCCN1c1cc(C#CC2COC3CC3N2)c(C=N)c(Nc2ccn[nH]2)n1. The van der Waals surface area contributed by atoms with Crippen molar-refractivity contribution in [1.82, 2.24) is 20.5 Å². The molecule has 4 atom stereocenters. The Bertz CT molecular complexity index is 981. The van der Waals surface area contributed by atoms with Gasteiger partial charge in [-0.2, -0.15) is 5.10 Å². The van der Waals surface area contributed by atoms with Gasteiger partial charge in [-0.1, -0.05) is 11.8 Å². The first-order valence-electron chi connectivity index (χ1n) is 10.3. The van der Waals surface area contributed by atoms with Crippen molar-refractivity contribution >= 4 is 23.7 Å². The van der Waals surface area contributed by atoms with E-state index in [1.807, 2.05) is 12.1 Å². The fourth-order valence-corrected chi connectivity index (χ4v) is 3.86. The van der Waals surface area contributed by atoms with Crippen molar-refractivity contribution in [2.45, 2.75) is 37.6 Å². The number of aromatic amines is 1. The van der Waals surface area contributed by atoms with Gasteiger partial charge in [0.2, 0.25) is 0 Å². The molecule has 2 aromatic rings. The predicted octanol–water partition coefficient (Wildman–Crippen LogP) is 1.25. The molecule has 4 N–H and O–H groups in total. The molecule has 9 heteroatoms. The van der Waals surface area contributed by atoms with E-state index in [1.165, 1.54) is 6.21 Å². The van der Waals surface area contributed by atoms with Crippen molar-refractivity contribution in [1.29, 1.82) is 5.41 Å². The van der Waals surface area contributed by atoms with E-state index in [4.69, 9.17) is 19.9 Å². The maximum Gasteiger partial charge on any atom is 0.144 e. The number of hydrogen-bond acceptors (Lipinski definition) is 8. The zero-order valence-corrected chi connectivity index (χ0v) is 16.8. The quantitative estimate of drug-likeness (QED) is 0.446. The molecule has 156 valence electrons. The number of rotatable bonds is 4. The number of nitrogens with zero attached hydrogens (tertiary/aromatic N) is 3. The molecule has 0 aromatic carbocycles. The topological polar surface area (TPSA) is 111 Å². The van der Waals surface area contributed by atoms with Gasteiger partial charge in [-0.25, -0.2) is 4.98 Å². The van der Waals surface area contributed by atoms with Gasteiger partial charge >= 0.3 is 0 Å². The molecule has 3 aliphatic rings. The van der Waals surface area contributed by atoms with Gasteiger partial charge in [-0.15, -0.1) is 0 Å². The number of hydrogen-bond donors (Lipinski definition) is 4. The highest BCUT2D eigenvalue weighted by Crippen LogP contribution is 2.29. The summed E-state index contributed by atoms with van der Waals surface area (Å²) in [6.07, 6.45) is 4.39. The fourth-order valence-electron chi connectivity index (χ4n) is 3.86. The molecule has 1 aliphatic carbocycles. The van der Waals surface area contributed by atoms with E-state index >= 15 is 0 Å². The lowest BCUT2D eigenvalue weighted by Gasteiger charge is -2.34. The van der Waals surface area contributed by atoms with Gasteiger partial charge in [0.15, 0.2) is 0 Å². The molecular weight excluding hydrogens is 382 g/mol. The second kappa shape index (κ2) is 8.07. The first-order valence-corrected chi connectivity index (χ1v) is 10.3. The van der Waals surface area contributed by atoms with Crippen LogP contribution >= 0.6 is 0 Å². The van der Waals surface area contributed by atoms with Crippen molar-refractivity contribution in [2.24, 2.45) is 0 Å². The molecule has 2 aromatic heterocycles. The summed E-state index contributed by atoms with van der Waals surface area (Å²) >= 11 is 0. The number of H-pyrrole nitrogens is 1. The van der Waals surface area contributed by atoms with E-state index in [-0.39, 0.29) is 12.1 Å². The third-order valence-electron chi connectivity index (χ3n) is 5.61. The lowest BCUT2D eigenvalue weighted by atomic mass is 10.1. The van der Waals surface area contributed by atoms with E-state index in [0.717, 1.165) is 24.3 Å². The van der Waals surface area contributed by atoms with E-state index in [2.05, 4.69) is 44.5 Å². The Morgan fingerprint density at radius 2 is 2.33 bits per heavy atom. The lowest BCUT2D eigenvalue weighted by Crippen LogP contribution is -2.44. The van der Waals surface area contributed by atoms with Crippen LogP contribution in [0, 0.1) is 17.3 Å². The average Bonchev–Trinajstić information content (AvgIpc) is 3.36. The molecule has 4 heterocycles. The fraction of sp³-hybridized carbons (Fsp3) is 0.476. The van der Waals surface area contributed by atoms with Crippen molar-refractivity contribution in [3.8, 4) is 11.8 Å². The Morgan fingerprint density at radius 3 is 3.10 bits per heavy atom. The number of morpholine rings is 2. The van der Waals surface area contributed by atoms with Gasteiger partial charge in [0.25, 0.3) is 0 Å². The molecular formula is C21H25N7O2. The monoisotopic (exact) mass is 407 g/mol. The molecule has 0 radical (unpaired) electrons. The highest BCUT2D eigenvalue weighted by Gasteiger charge is 2.43. The number of nitrogens with one attached hydrogen (secondary N) is 4. The van der Waals surface area contributed by atoms with Gasteiger partial charge in [0, 0.05) is 30.4 Å². The van der Waals surface area contributed by atoms with Crippen LogP contribution in [0.2, 0.25) is 0 Å². The standard InChI is InChI=1S/C21H25N7O2/c1-13-11-29-7-6-28(13)20-8-14(2-3-15-12-30-18-9-17(18)24-15)16(10-22)21(26-20)25-19-4-5-23-27-19/h4-5,8,10,13,15,17-18,22,24H,6-7,9,11-12H2,1H3,(H2,23,25,26,27)/t13-,15?,17?,18?/m1/s1. The van der Waals surface area contributed by atoms with Crippen LogP contribution in [0.25, 0.3) is 0 Å². The summed E-state index contributed by atoms with van der Waals surface area (Å²) in [7, 11) is 0. The summed E-state index contributed by atoms with van der Waals surface area (Å²) in [5, 5.41) is 21.6. The van der Waals surface area contributed by atoms with E-state index in [9.17, 15) is 0 Å². The highest BCUT2D eigenvalue weighted by molar-refractivity contribution is 5.90. The Balaban J connectivity index is 1.51. The van der Waals surface area contributed by atoms with E-state index in [0.29, 0.717) is 49.2 Å². The predicted molar refractivity (Wildman–Crippen MR) is 114 cm³/mol. The number of aromatic nitrogens is 3. The molecule has 1 saturated carbocycles. The van der Waals surface area contributed by atoms with Crippen LogP contribution in [0.1, 0.15) is 24.5 Å². The summed E-state index contributed by atoms with van der Waals surface area (Å²) < 4.78 is 11.3. The van der Waals surface area contributed by atoms with E-state index < -0.39 is 0 Å². The van der Waals surface area contributed by atoms with Gasteiger partial charge in [0.1, 0.15) is 17.5 Å². The van der Waals surface area contributed by atoms with Crippen LogP contribution in [0.15, 0.2) is 18.3 Å². The third-order valence-corrected chi connectivity index (χ3v) is 5.61. The maximum atomic E-state index is 8.00.